The van der Waals surface area contributed by atoms with E-state index < -0.39 is 0 Å². The Kier molecular flexibility index (Phi) is 4.66. The Morgan fingerprint density at radius 2 is 1.52 bits per heavy atom. The lowest BCUT2D eigenvalue weighted by Crippen LogP contribution is -2.32. The summed E-state index contributed by atoms with van der Waals surface area (Å²) in [6, 6.07) is 18.3. The van der Waals surface area contributed by atoms with Crippen molar-refractivity contribution in [1.82, 2.24) is 5.32 Å². The maximum atomic E-state index is 13.6. The average molecular weight is 283 g/mol. The van der Waals surface area contributed by atoms with Gasteiger partial charge in [0.1, 0.15) is 5.82 Å². The normalized spacial score (nSPS) is 22.1. The fourth-order valence-corrected chi connectivity index (χ4v) is 3.25. The molecule has 21 heavy (non-hydrogen) atoms. The van der Waals surface area contributed by atoms with Crippen LogP contribution in [0.25, 0.3) is 0 Å². The third-order valence-electron chi connectivity index (χ3n) is 4.54. The molecule has 0 aromatic heterocycles. The van der Waals surface area contributed by atoms with Crippen LogP contribution in [0.1, 0.15) is 42.7 Å². The number of halogens is 1. The highest BCUT2D eigenvalue weighted by molar-refractivity contribution is 5.20. The third-order valence-corrected chi connectivity index (χ3v) is 4.54. The molecular weight excluding hydrogens is 261 g/mol. The van der Waals surface area contributed by atoms with Gasteiger partial charge in [0.25, 0.3) is 0 Å². The van der Waals surface area contributed by atoms with Crippen LogP contribution in [0.5, 0.6) is 0 Å². The van der Waals surface area contributed by atoms with Gasteiger partial charge in [-0.2, -0.15) is 0 Å². The molecule has 0 unspecified atom stereocenters. The highest BCUT2D eigenvalue weighted by Gasteiger charge is 2.21. The highest BCUT2D eigenvalue weighted by atomic mass is 19.1. The molecule has 0 heterocycles. The van der Waals surface area contributed by atoms with Crippen LogP contribution in [0.15, 0.2) is 54.6 Å². The van der Waals surface area contributed by atoms with Gasteiger partial charge in [-0.1, -0.05) is 48.5 Å². The molecule has 0 aliphatic heterocycles. The van der Waals surface area contributed by atoms with Crippen LogP contribution < -0.4 is 5.32 Å². The lowest BCUT2D eigenvalue weighted by molar-refractivity contribution is 0.340. The predicted molar refractivity (Wildman–Crippen MR) is 84.7 cm³/mol. The van der Waals surface area contributed by atoms with E-state index >= 15 is 0 Å². The second kappa shape index (κ2) is 6.86. The summed E-state index contributed by atoms with van der Waals surface area (Å²) >= 11 is 0. The standard InChI is InChI=1S/C19H22FN/c20-19-9-5-4-8-17(19)14-21-18-12-10-16(11-13-18)15-6-2-1-3-7-15/h1-9,16,18,21H,10-14H2. The number of benzene rings is 2. The summed E-state index contributed by atoms with van der Waals surface area (Å²) in [5.41, 5.74) is 2.23. The molecule has 0 radical (unpaired) electrons. The highest BCUT2D eigenvalue weighted by Crippen LogP contribution is 2.32. The fraction of sp³-hybridized carbons (Fsp3) is 0.368. The molecule has 2 aromatic rings. The molecule has 1 fully saturated rings. The summed E-state index contributed by atoms with van der Waals surface area (Å²) in [6.45, 7) is 0.632. The van der Waals surface area contributed by atoms with Gasteiger partial charge in [-0.15, -0.1) is 0 Å². The van der Waals surface area contributed by atoms with Crippen LogP contribution in [-0.2, 0) is 6.54 Å². The maximum absolute atomic E-state index is 13.6. The van der Waals surface area contributed by atoms with E-state index in [1.54, 1.807) is 6.07 Å². The van der Waals surface area contributed by atoms with Gasteiger partial charge >= 0.3 is 0 Å². The first-order valence-electron chi connectivity index (χ1n) is 7.84. The van der Waals surface area contributed by atoms with Crippen molar-refractivity contribution in [3.05, 3.63) is 71.5 Å². The molecule has 1 saturated carbocycles. The summed E-state index contributed by atoms with van der Waals surface area (Å²) in [4.78, 5) is 0. The first-order chi connectivity index (χ1) is 10.3. The molecule has 1 aliphatic carbocycles. The van der Waals surface area contributed by atoms with Crippen molar-refractivity contribution in [3.8, 4) is 0 Å². The summed E-state index contributed by atoms with van der Waals surface area (Å²) in [5.74, 6) is 0.584. The number of hydrogen-bond acceptors (Lipinski definition) is 1. The minimum Gasteiger partial charge on any atom is -0.310 e. The molecule has 0 bridgehead atoms. The van der Waals surface area contributed by atoms with Crippen LogP contribution in [-0.4, -0.2) is 6.04 Å². The van der Waals surface area contributed by atoms with E-state index in [1.165, 1.54) is 37.3 Å². The average Bonchev–Trinajstić information content (AvgIpc) is 2.55. The van der Waals surface area contributed by atoms with Gasteiger partial charge in [0.05, 0.1) is 0 Å². The lowest BCUT2D eigenvalue weighted by Gasteiger charge is -2.29. The van der Waals surface area contributed by atoms with E-state index in [4.69, 9.17) is 0 Å². The van der Waals surface area contributed by atoms with Gasteiger partial charge in [-0.3, -0.25) is 0 Å². The first kappa shape index (κ1) is 14.3. The fourth-order valence-electron chi connectivity index (χ4n) is 3.25. The second-order valence-corrected chi connectivity index (χ2v) is 5.93. The summed E-state index contributed by atoms with van der Waals surface area (Å²) in [7, 11) is 0. The van der Waals surface area contributed by atoms with E-state index in [1.807, 2.05) is 12.1 Å². The Balaban J connectivity index is 1.49. The molecule has 0 spiro atoms. The van der Waals surface area contributed by atoms with E-state index in [-0.39, 0.29) is 5.82 Å². The number of rotatable bonds is 4. The van der Waals surface area contributed by atoms with E-state index in [2.05, 4.69) is 35.6 Å². The van der Waals surface area contributed by atoms with Gasteiger partial charge in [0.2, 0.25) is 0 Å². The molecule has 2 aromatic carbocycles. The topological polar surface area (TPSA) is 12.0 Å². The summed E-state index contributed by atoms with van der Waals surface area (Å²) in [6.07, 6.45) is 4.79. The van der Waals surface area contributed by atoms with Crippen molar-refractivity contribution in [1.29, 1.82) is 0 Å². The van der Waals surface area contributed by atoms with E-state index in [0.717, 1.165) is 5.56 Å². The SMILES string of the molecule is Fc1ccccc1CNC1CCC(c2ccccc2)CC1. The molecular formula is C19H22FN. The smallest absolute Gasteiger partial charge is 0.127 e. The molecule has 0 amide bonds. The van der Waals surface area contributed by atoms with Crippen molar-refractivity contribution < 1.29 is 4.39 Å². The second-order valence-electron chi connectivity index (χ2n) is 5.93. The Morgan fingerprint density at radius 3 is 2.24 bits per heavy atom. The predicted octanol–water partition coefficient (Wildman–Crippen LogP) is 4.64. The largest absolute Gasteiger partial charge is 0.310 e. The Bertz CT molecular complexity index is 559. The van der Waals surface area contributed by atoms with E-state index in [0.29, 0.717) is 18.5 Å². The van der Waals surface area contributed by atoms with Crippen molar-refractivity contribution in [3.63, 3.8) is 0 Å². The van der Waals surface area contributed by atoms with Gasteiger partial charge in [-0.25, -0.2) is 4.39 Å². The summed E-state index contributed by atoms with van der Waals surface area (Å²) < 4.78 is 13.6. The molecule has 110 valence electrons. The van der Waals surface area contributed by atoms with Gasteiger partial charge in [0.15, 0.2) is 0 Å². The zero-order valence-corrected chi connectivity index (χ0v) is 12.3. The maximum Gasteiger partial charge on any atom is 0.127 e. The molecule has 1 aliphatic rings. The molecule has 2 heteroatoms. The number of hydrogen-bond donors (Lipinski definition) is 1. The van der Waals surface area contributed by atoms with Crippen molar-refractivity contribution in [2.24, 2.45) is 0 Å². The molecule has 1 N–H and O–H groups in total. The Morgan fingerprint density at radius 1 is 0.857 bits per heavy atom. The van der Waals surface area contributed by atoms with Crippen LogP contribution in [0.3, 0.4) is 0 Å². The van der Waals surface area contributed by atoms with Gasteiger partial charge in [-0.05, 0) is 43.2 Å². The Labute approximate surface area is 126 Å². The Hall–Kier alpha value is -1.67. The minimum atomic E-state index is -0.108. The summed E-state index contributed by atoms with van der Waals surface area (Å²) in [5, 5.41) is 3.51. The molecule has 3 rings (SSSR count). The van der Waals surface area contributed by atoms with Crippen molar-refractivity contribution in [2.45, 2.75) is 44.2 Å². The van der Waals surface area contributed by atoms with Gasteiger partial charge in [0, 0.05) is 18.2 Å². The zero-order valence-electron chi connectivity index (χ0n) is 12.3. The zero-order chi connectivity index (χ0) is 14.5. The van der Waals surface area contributed by atoms with Gasteiger partial charge < -0.3 is 5.32 Å². The monoisotopic (exact) mass is 283 g/mol. The third kappa shape index (κ3) is 3.70. The van der Waals surface area contributed by atoms with Crippen LogP contribution in [0, 0.1) is 5.82 Å². The van der Waals surface area contributed by atoms with Crippen molar-refractivity contribution in [2.75, 3.05) is 0 Å². The lowest BCUT2D eigenvalue weighted by atomic mass is 9.82. The molecule has 0 saturated heterocycles. The van der Waals surface area contributed by atoms with Crippen LogP contribution in [0.4, 0.5) is 4.39 Å². The van der Waals surface area contributed by atoms with Crippen molar-refractivity contribution >= 4 is 0 Å². The van der Waals surface area contributed by atoms with Crippen LogP contribution in [0.2, 0.25) is 0 Å². The van der Waals surface area contributed by atoms with E-state index in [9.17, 15) is 4.39 Å². The molecule has 0 atom stereocenters. The number of nitrogens with one attached hydrogen (secondary N) is 1. The quantitative estimate of drug-likeness (QED) is 0.861. The minimum absolute atomic E-state index is 0.108. The molecule has 1 nitrogen and oxygen atoms in total. The first-order valence-corrected chi connectivity index (χ1v) is 7.84. The van der Waals surface area contributed by atoms with Crippen LogP contribution >= 0.6 is 0 Å².